The number of ether oxygens (including phenoxy) is 1. The van der Waals surface area contributed by atoms with E-state index in [1.807, 2.05) is 0 Å². The topological polar surface area (TPSA) is 67.4 Å². The molecular formula is C17H14ClFN2O3. The number of carbonyl (C=O) groups is 2. The number of amides is 2. The number of nitrogens with one attached hydrogen (secondary N) is 2. The maximum atomic E-state index is 13.2. The molecule has 2 N–H and O–H groups in total. The van der Waals surface area contributed by atoms with Crippen LogP contribution in [0.25, 0.3) is 0 Å². The average molecular weight is 349 g/mol. The van der Waals surface area contributed by atoms with E-state index < -0.39 is 23.2 Å². The van der Waals surface area contributed by atoms with Crippen molar-refractivity contribution in [2.24, 2.45) is 0 Å². The van der Waals surface area contributed by atoms with Gasteiger partial charge in [0, 0.05) is 10.7 Å². The van der Waals surface area contributed by atoms with Crippen molar-refractivity contribution in [1.29, 1.82) is 0 Å². The fraction of sp³-hybridized carbons (Fsp3) is 0.176. The van der Waals surface area contributed by atoms with Crippen LogP contribution in [0.4, 0.5) is 15.8 Å². The van der Waals surface area contributed by atoms with Crippen LogP contribution in [-0.4, -0.2) is 17.4 Å². The Kier molecular flexibility index (Phi) is 3.93. The van der Waals surface area contributed by atoms with E-state index in [4.69, 9.17) is 16.3 Å². The highest BCUT2D eigenvalue weighted by atomic mass is 35.5. The second-order valence-corrected chi connectivity index (χ2v) is 6.08. The van der Waals surface area contributed by atoms with Crippen molar-refractivity contribution >= 4 is 34.8 Å². The summed E-state index contributed by atoms with van der Waals surface area (Å²) >= 11 is 5.88. The molecule has 0 aliphatic carbocycles. The Hall–Kier alpha value is -2.60. The van der Waals surface area contributed by atoms with Crippen LogP contribution in [0, 0.1) is 12.7 Å². The fourth-order valence-corrected chi connectivity index (χ4v) is 2.53. The molecule has 2 aromatic rings. The van der Waals surface area contributed by atoms with Crippen molar-refractivity contribution in [3.8, 4) is 5.75 Å². The molecule has 0 saturated carbocycles. The molecule has 24 heavy (non-hydrogen) atoms. The molecule has 0 radical (unpaired) electrons. The number of rotatable bonds is 2. The number of carbonyl (C=O) groups excluding carboxylic acids is 2. The lowest BCUT2D eigenvalue weighted by Crippen LogP contribution is -2.56. The largest absolute Gasteiger partial charge is 0.466 e. The Morgan fingerprint density at radius 3 is 2.75 bits per heavy atom. The smallest absolute Gasteiger partial charge is 0.278 e. The highest BCUT2D eigenvalue weighted by Gasteiger charge is 2.47. The highest BCUT2D eigenvalue weighted by Crippen LogP contribution is 2.36. The monoisotopic (exact) mass is 348 g/mol. The first-order valence-electron chi connectivity index (χ1n) is 7.17. The summed E-state index contributed by atoms with van der Waals surface area (Å²) in [6, 6.07) is 8.66. The SMILES string of the molecule is Cc1cc(F)ccc1NC(=O)C1(C)Oc2ccc(Cl)cc2NC1=O. The standard InChI is InChI=1S/C17H14ClFN2O3/c1-9-7-11(19)4-5-12(9)20-15(22)17(2)16(23)21-13-8-10(18)3-6-14(13)24-17/h3-8H,1-2H3,(H,20,22)(H,21,23). The minimum atomic E-state index is -1.76. The molecule has 5 nitrogen and oxygen atoms in total. The minimum absolute atomic E-state index is 0.340. The molecule has 1 aliphatic rings. The van der Waals surface area contributed by atoms with Crippen molar-refractivity contribution in [3.05, 3.63) is 52.8 Å². The van der Waals surface area contributed by atoms with Crippen LogP contribution < -0.4 is 15.4 Å². The molecule has 0 bridgehead atoms. The summed E-state index contributed by atoms with van der Waals surface area (Å²) in [5.74, 6) is -1.34. The van der Waals surface area contributed by atoms with E-state index in [0.29, 0.717) is 27.7 Å². The molecule has 0 spiro atoms. The van der Waals surface area contributed by atoms with E-state index in [0.717, 1.165) is 0 Å². The normalized spacial score (nSPS) is 19.1. The lowest BCUT2D eigenvalue weighted by molar-refractivity contribution is -0.143. The van der Waals surface area contributed by atoms with Gasteiger partial charge in [0.25, 0.3) is 17.4 Å². The summed E-state index contributed by atoms with van der Waals surface area (Å²) in [4.78, 5) is 25.0. The van der Waals surface area contributed by atoms with E-state index in [9.17, 15) is 14.0 Å². The first-order valence-corrected chi connectivity index (χ1v) is 7.55. The lowest BCUT2D eigenvalue weighted by Gasteiger charge is -2.33. The number of anilines is 2. The van der Waals surface area contributed by atoms with Crippen LogP contribution in [0.5, 0.6) is 5.75 Å². The van der Waals surface area contributed by atoms with Crippen LogP contribution >= 0.6 is 11.6 Å². The third-order valence-electron chi connectivity index (χ3n) is 3.81. The molecule has 0 fully saturated rings. The molecular weight excluding hydrogens is 335 g/mol. The van der Waals surface area contributed by atoms with Crippen molar-refractivity contribution in [3.63, 3.8) is 0 Å². The predicted octanol–water partition coefficient (Wildman–Crippen LogP) is 3.52. The van der Waals surface area contributed by atoms with Gasteiger partial charge in [0.1, 0.15) is 11.6 Å². The minimum Gasteiger partial charge on any atom is -0.466 e. The van der Waals surface area contributed by atoms with E-state index in [-0.39, 0.29) is 0 Å². The third kappa shape index (κ3) is 2.80. The first-order chi connectivity index (χ1) is 11.3. The van der Waals surface area contributed by atoms with E-state index in [1.54, 1.807) is 19.1 Å². The summed E-state index contributed by atoms with van der Waals surface area (Å²) in [6.45, 7) is 3.02. The molecule has 2 aromatic carbocycles. The predicted molar refractivity (Wildman–Crippen MR) is 88.9 cm³/mol. The highest BCUT2D eigenvalue weighted by molar-refractivity contribution is 6.31. The zero-order chi connectivity index (χ0) is 17.5. The number of fused-ring (bicyclic) bond motifs is 1. The third-order valence-corrected chi connectivity index (χ3v) is 4.04. The maximum absolute atomic E-state index is 13.2. The van der Waals surface area contributed by atoms with Gasteiger partial charge in [-0.05, 0) is 55.8 Å². The molecule has 7 heteroatoms. The Labute approximate surface area is 142 Å². The summed E-state index contributed by atoms with van der Waals surface area (Å²) in [7, 11) is 0. The summed E-state index contributed by atoms with van der Waals surface area (Å²) < 4.78 is 18.8. The van der Waals surface area contributed by atoms with Gasteiger partial charge in [-0.15, -0.1) is 0 Å². The molecule has 124 valence electrons. The van der Waals surface area contributed by atoms with Crippen molar-refractivity contribution in [1.82, 2.24) is 0 Å². The number of halogens is 2. The van der Waals surface area contributed by atoms with Gasteiger partial charge in [-0.3, -0.25) is 9.59 Å². The molecule has 2 amide bonds. The summed E-state index contributed by atoms with van der Waals surface area (Å²) in [5.41, 5.74) is -0.422. The second-order valence-electron chi connectivity index (χ2n) is 5.64. The van der Waals surface area contributed by atoms with Gasteiger partial charge in [0.05, 0.1) is 5.69 Å². The van der Waals surface area contributed by atoms with E-state index >= 15 is 0 Å². The molecule has 1 unspecified atom stereocenters. The summed E-state index contributed by atoms with van der Waals surface area (Å²) in [5, 5.41) is 5.65. The quantitative estimate of drug-likeness (QED) is 0.816. The summed E-state index contributed by atoms with van der Waals surface area (Å²) in [6.07, 6.45) is 0. The molecule has 0 saturated heterocycles. The van der Waals surface area contributed by atoms with Gasteiger partial charge in [-0.1, -0.05) is 11.6 Å². The number of hydrogen-bond acceptors (Lipinski definition) is 3. The Morgan fingerprint density at radius 1 is 1.29 bits per heavy atom. The molecule has 1 atom stereocenters. The van der Waals surface area contributed by atoms with Gasteiger partial charge in [-0.2, -0.15) is 0 Å². The first kappa shape index (κ1) is 16.3. The zero-order valence-corrected chi connectivity index (χ0v) is 13.7. The van der Waals surface area contributed by atoms with Gasteiger partial charge in [-0.25, -0.2) is 4.39 Å². The number of hydrogen-bond donors (Lipinski definition) is 2. The van der Waals surface area contributed by atoms with Gasteiger partial charge < -0.3 is 15.4 Å². The van der Waals surface area contributed by atoms with Crippen molar-refractivity contribution < 1.29 is 18.7 Å². The average Bonchev–Trinajstić information content (AvgIpc) is 2.51. The molecule has 3 rings (SSSR count). The van der Waals surface area contributed by atoms with Crippen LogP contribution in [0.15, 0.2) is 36.4 Å². The molecule has 1 aliphatic heterocycles. The molecule has 1 heterocycles. The van der Waals surface area contributed by atoms with E-state index in [2.05, 4.69) is 10.6 Å². The van der Waals surface area contributed by atoms with E-state index in [1.165, 1.54) is 31.2 Å². The fourth-order valence-electron chi connectivity index (χ4n) is 2.36. The zero-order valence-electron chi connectivity index (χ0n) is 12.9. The number of aryl methyl sites for hydroxylation is 1. The van der Waals surface area contributed by atoms with Crippen LogP contribution in [0.2, 0.25) is 5.02 Å². The second kappa shape index (κ2) is 5.79. The van der Waals surface area contributed by atoms with Gasteiger partial charge in [0.2, 0.25) is 0 Å². The van der Waals surface area contributed by atoms with Crippen LogP contribution in [-0.2, 0) is 9.59 Å². The van der Waals surface area contributed by atoms with Gasteiger partial charge in [0.15, 0.2) is 0 Å². The number of benzene rings is 2. The van der Waals surface area contributed by atoms with Crippen molar-refractivity contribution in [2.45, 2.75) is 19.4 Å². The van der Waals surface area contributed by atoms with Crippen molar-refractivity contribution in [2.75, 3.05) is 10.6 Å². The Bertz CT molecular complexity index is 856. The Morgan fingerprint density at radius 2 is 2.04 bits per heavy atom. The van der Waals surface area contributed by atoms with Gasteiger partial charge >= 0.3 is 0 Å². The van der Waals surface area contributed by atoms with Crippen LogP contribution in [0.3, 0.4) is 0 Å². The van der Waals surface area contributed by atoms with Crippen LogP contribution in [0.1, 0.15) is 12.5 Å². The Balaban J connectivity index is 1.88. The maximum Gasteiger partial charge on any atom is 0.278 e. The lowest BCUT2D eigenvalue weighted by atomic mass is 10.0. The molecule has 0 aromatic heterocycles.